The van der Waals surface area contributed by atoms with Crippen LogP contribution in [0.3, 0.4) is 0 Å². The van der Waals surface area contributed by atoms with E-state index in [1.807, 2.05) is 24.3 Å². The first-order valence-corrected chi connectivity index (χ1v) is 6.87. The molecule has 3 heteroatoms. The summed E-state index contributed by atoms with van der Waals surface area (Å²) in [5.74, 6) is 1.64. The Hall–Kier alpha value is 0.0900. The van der Waals surface area contributed by atoms with Crippen LogP contribution in [0.1, 0.15) is 25.8 Å². The average molecular weight is 280 g/mol. The van der Waals surface area contributed by atoms with E-state index in [0.29, 0.717) is 17.7 Å². The molecule has 0 fully saturated rings. The summed E-state index contributed by atoms with van der Waals surface area (Å²) in [6.45, 7) is 4.37. The fourth-order valence-corrected chi connectivity index (χ4v) is 2.94. The van der Waals surface area contributed by atoms with Gasteiger partial charge in [-0.05, 0) is 30.0 Å². The summed E-state index contributed by atoms with van der Waals surface area (Å²) < 4.78 is 0. The summed E-state index contributed by atoms with van der Waals surface area (Å²) in [4.78, 5) is 0. The zero-order valence-electron chi connectivity index (χ0n) is 9.64. The molecular weight excluding hydrogens is 263 g/mol. The normalized spacial score (nSPS) is 12.1. The van der Waals surface area contributed by atoms with Crippen molar-refractivity contribution in [2.75, 3.05) is 11.8 Å². The Bertz CT molecular complexity index is 312. The zero-order chi connectivity index (χ0) is 12.2. The summed E-state index contributed by atoms with van der Waals surface area (Å²) >= 11 is 18.1. The van der Waals surface area contributed by atoms with Crippen molar-refractivity contribution in [1.82, 2.24) is 0 Å². The molecule has 0 aliphatic heterocycles. The molecule has 0 radical (unpaired) electrons. The molecule has 0 bridgehead atoms. The molecule has 0 N–H and O–H groups in total. The molecule has 1 rings (SSSR count). The Balaban J connectivity index is 3.04. The molecule has 90 valence electrons. The standard InChI is InChI=1S/C13H17Cl3/c1-10(2)7-13(8-14,9-15)11-3-5-12(16)6-4-11/h3-6,10H,7-9H2,1-2H3. The van der Waals surface area contributed by atoms with Gasteiger partial charge >= 0.3 is 0 Å². The molecule has 16 heavy (non-hydrogen) atoms. The summed E-state index contributed by atoms with van der Waals surface area (Å²) in [5, 5.41) is 0.742. The third-order valence-electron chi connectivity index (χ3n) is 2.77. The zero-order valence-corrected chi connectivity index (χ0v) is 11.9. The molecule has 0 saturated carbocycles. The maximum Gasteiger partial charge on any atom is 0.0406 e. The molecule has 0 saturated heterocycles. The highest BCUT2D eigenvalue weighted by Gasteiger charge is 2.31. The first-order valence-electron chi connectivity index (χ1n) is 5.42. The van der Waals surface area contributed by atoms with Crippen molar-refractivity contribution in [1.29, 1.82) is 0 Å². The fraction of sp³-hybridized carbons (Fsp3) is 0.538. The molecule has 0 atom stereocenters. The summed E-state index contributed by atoms with van der Waals surface area (Å²) in [6.07, 6.45) is 0.988. The van der Waals surface area contributed by atoms with Crippen LogP contribution in [-0.2, 0) is 5.41 Å². The Morgan fingerprint density at radius 2 is 1.56 bits per heavy atom. The summed E-state index contributed by atoms with van der Waals surface area (Å²) in [6, 6.07) is 7.83. The first-order chi connectivity index (χ1) is 7.54. The lowest BCUT2D eigenvalue weighted by Crippen LogP contribution is -2.32. The van der Waals surface area contributed by atoms with E-state index in [9.17, 15) is 0 Å². The Labute approximate surface area is 113 Å². The van der Waals surface area contributed by atoms with Crippen LogP contribution in [0.15, 0.2) is 24.3 Å². The van der Waals surface area contributed by atoms with Gasteiger partial charge in [0.1, 0.15) is 0 Å². The SMILES string of the molecule is CC(C)CC(CCl)(CCl)c1ccc(Cl)cc1. The Morgan fingerprint density at radius 3 is 1.94 bits per heavy atom. The summed E-state index contributed by atoms with van der Waals surface area (Å²) in [5.41, 5.74) is 1.04. The summed E-state index contributed by atoms with van der Waals surface area (Å²) in [7, 11) is 0. The van der Waals surface area contributed by atoms with Crippen LogP contribution in [0.4, 0.5) is 0 Å². The van der Waals surface area contributed by atoms with Crippen molar-refractivity contribution in [2.45, 2.75) is 25.7 Å². The largest absolute Gasteiger partial charge is 0.126 e. The van der Waals surface area contributed by atoms with E-state index in [-0.39, 0.29) is 5.41 Å². The van der Waals surface area contributed by atoms with Gasteiger partial charge in [-0.25, -0.2) is 0 Å². The van der Waals surface area contributed by atoms with Crippen LogP contribution in [0.25, 0.3) is 0 Å². The topological polar surface area (TPSA) is 0 Å². The van der Waals surface area contributed by atoms with Crippen molar-refractivity contribution in [3.63, 3.8) is 0 Å². The Morgan fingerprint density at radius 1 is 1.06 bits per heavy atom. The highest BCUT2D eigenvalue weighted by molar-refractivity contribution is 6.30. The van der Waals surface area contributed by atoms with Gasteiger partial charge in [-0.1, -0.05) is 37.6 Å². The van der Waals surface area contributed by atoms with Gasteiger partial charge in [0.25, 0.3) is 0 Å². The van der Waals surface area contributed by atoms with Crippen molar-refractivity contribution in [3.8, 4) is 0 Å². The minimum absolute atomic E-state index is 0.137. The number of alkyl halides is 2. The second kappa shape index (κ2) is 6.14. The molecule has 0 spiro atoms. The van der Waals surface area contributed by atoms with Crippen LogP contribution >= 0.6 is 34.8 Å². The fourth-order valence-electron chi connectivity index (χ4n) is 2.00. The molecule has 0 aromatic heterocycles. The quantitative estimate of drug-likeness (QED) is 0.658. The van der Waals surface area contributed by atoms with Gasteiger partial charge in [-0.15, -0.1) is 23.2 Å². The van der Waals surface area contributed by atoms with Gasteiger partial charge in [0.05, 0.1) is 0 Å². The lowest BCUT2D eigenvalue weighted by Gasteiger charge is -2.32. The van der Waals surface area contributed by atoms with Crippen molar-refractivity contribution in [2.24, 2.45) is 5.92 Å². The van der Waals surface area contributed by atoms with Gasteiger partial charge < -0.3 is 0 Å². The predicted octanol–water partition coefficient (Wildman–Crippen LogP) is 5.10. The number of halogens is 3. The van der Waals surface area contributed by atoms with E-state index in [0.717, 1.165) is 11.4 Å². The minimum Gasteiger partial charge on any atom is -0.126 e. The van der Waals surface area contributed by atoms with Crippen molar-refractivity contribution >= 4 is 34.8 Å². The van der Waals surface area contributed by atoms with Gasteiger partial charge in [-0.3, -0.25) is 0 Å². The van der Waals surface area contributed by atoms with Gasteiger partial charge in [0.15, 0.2) is 0 Å². The maximum absolute atomic E-state index is 6.13. The average Bonchev–Trinajstić information content (AvgIpc) is 2.27. The van der Waals surface area contributed by atoms with E-state index in [2.05, 4.69) is 13.8 Å². The third kappa shape index (κ3) is 3.29. The Kier molecular flexibility index (Phi) is 5.43. The molecular formula is C13H17Cl3. The van der Waals surface area contributed by atoms with E-state index in [4.69, 9.17) is 34.8 Å². The van der Waals surface area contributed by atoms with E-state index >= 15 is 0 Å². The monoisotopic (exact) mass is 278 g/mol. The van der Waals surface area contributed by atoms with Gasteiger partial charge in [0, 0.05) is 22.2 Å². The van der Waals surface area contributed by atoms with Crippen LogP contribution in [0.5, 0.6) is 0 Å². The van der Waals surface area contributed by atoms with Crippen LogP contribution < -0.4 is 0 Å². The van der Waals surface area contributed by atoms with Crippen LogP contribution in [0.2, 0.25) is 5.02 Å². The number of rotatable bonds is 5. The lowest BCUT2D eigenvalue weighted by atomic mass is 9.77. The molecule has 0 heterocycles. The molecule has 0 amide bonds. The lowest BCUT2D eigenvalue weighted by molar-refractivity contribution is 0.408. The minimum atomic E-state index is -0.137. The smallest absolute Gasteiger partial charge is 0.0406 e. The first kappa shape index (κ1) is 14.2. The van der Waals surface area contributed by atoms with E-state index < -0.39 is 0 Å². The maximum atomic E-state index is 6.13. The predicted molar refractivity (Wildman–Crippen MR) is 74.0 cm³/mol. The molecule has 0 aliphatic rings. The third-order valence-corrected chi connectivity index (χ3v) is 4.04. The number of hydrogen-bond acceptors (Lipinski definition) is 0. The molecule has 0 nitrogen and oxygen atoms in total. The molecule has 0 aliphatic carbocycles. The van der Waals surface area contributed by atoms with E-state index in [1.165, 1.54) is 5.56 Å². The van der Waals surface area contributed by atoms with Crippen LogP contribution in [0, 0.1) is 5.92 Å². The second-order valence-corrected chi connectivity index (χ2v) is 5.62. The number of hydrogen-bond donors (Lipinski definition) is 0. The number of benzene rings is 1. The van der Waals surface area contributed by atoms with E-state index in [1.54, 1.807) is 0 Å². The van der Waals surface area contributed by atoms with Crippen LogP contribution in [-0.4, -0.2) is 11.8 Å². The van der Waals surface area contributed by atoms with Gasteiger partial charge in [-0.2, -0.15) is 0 Å². The molecule has 0 unspecified atom stereocenters. The van der Waals surface area contributed by atoms with Crippen molar-refractivity contribution in [3.05, 3.63) is 34.9 Å². The van der Waals surface area contributed by atoms with Crippen molar-refractivity contribution < 1.29 is 0 Å². The second-order valence-electron chi connectivity index (χ2n) is 4.65. The van der Waals surface area contributed by atoms with Gasteiger partial charge in [0.2, 0.25) is 0 Å². The highest BCUT2D eigenvalue weighted by atomic mass is 35.5. The molecule has 1 aromatic carbocycles. The molecule has 1 aromatic rings. The highest BCUT2D eigenvalue weighted by Crippen LogP contribution is 2.34.